The monoisotopic (exact) mass is 428 g/mol. The molecule has 174 valence electrons. The first-order chi connectivity index (χ1) is 13.5. The molecule has 0 radical (unpaired) electrons. The number of carbonyl (C=O) groups is 1. The summed E-state index contributed by atoms with van der Waals surface area (Å²) in [5.74, 6) is -1.36. The largest absolute Gasteiger partial charge is 0.373 e. The van der Waals surface area contributed by atoms with Gasteiger partial charge in [0.25, 0.3) is 0 Å². The zero-order valence-corrected chi connectivity index (χ0v) is 20.5. The fourth-order valence-corrected chi connectivity index (χ4v) is 1.34. The third-order valence-corrected chi connectivity index (χ3v) is 2.95. The van der Waals surface area contributed by atoms with Crippen molar-refractivity contribution in [3.63, 3.8) is 0 Å². The van der Waals surface area contributed by atoms with E-state index in [1.54, 1.807) is 31.2 Å². The summed E-state index contributed by atoms with van der Waals surface area (Å²) in [7, 11) is 0. The number of rotatable bonds is 7. The first kappa shape index (κ1) is 28.5. The van der Waals surface area contributed by atoms with Gasteiger partial charge in [-0.1, -0.05) is 25.1 Å². The van der Waals surface area contributed by atoms with Gasteiger partial charge < -0.3 is 0 Å². The molecule has 7 nitrogen and oxygen atoms in total. The van der Waals surface area contributed by atoms with E-state index in [1.807, 2.05) is 75.3 Å². The standard InChI is InChI=1S/C12H26O4.C11H14O3/c1-9-12(8,15-13-10(2,3)4)16-14-11(5,6)7;1-11(2,3)14-13-10(12)9-7-5-4-6-8-9/h9H2,1-8H3;4-8H,1-3H3. The third-order valence-electron chi connectivity index (χ3n) is 2.95. The van der Waals surface area contributed by atoms with Gasteiger partial charge in [0.1, 0.15) is 5.60 Å². The molecule has 1 aromatic carbocycles. The number of hydrogen-bond donors (Lipinski definition) is 0. The van der Waals surface area contributed by atoms with E-state index >= 15 is 0 Å². The Morgan fingerprint density at radius 1 is 0.667 bits per heavy atom. The third kappa shape index (κ3) is 15.3. The fraction of sp³-hybridized carbons (Fsp3) is 0.696. The van der Waals surface area contributed by atoms with Gasteiger partial charge in [0.2, 0.25) is 5.79 Å². The molecule has 0 spiro atoms. The van der Waals surface area contributed by atoms with E-state index in [0.29, 0.717) is 12.0 Å². The molecule has 0 atom stereocenters. The van der Waals surface area contributed by atoms with Gasteiger partial charge in [-0.25, -0.2) is 14.6 Å². The molecule has 30 heavy (non-hydrogen) atoms. The van der Waals surface area contributed by atoms with E-state index in [1.165, 1.54) is 0 Å². The van der Waals surface area contributed by atoms with Crippen molar-refractivity contribution in [2.45, 2.75) is 105 Å². The molecule has 0 fully saturated rings. The molecular weight excluding hydrogens is 388 g/mol. The van der Waals surface area contributed by atoms with Crippen LogP contribution in [0.25, 0.3) is 0 Å². The highest BCUT2D eigenvalue weighted by atomic mass is 17.3. The molecule has 1 rings (SSSR count). The Morgan fingerprint density at radius 2 is 1.07 bits per heavy atom. The molecule has 0 unspecified atom stereocenters. The minimum atomic E-state index is -0.888. The van der Waals surface area contributed by atoms with E-state index in [4.69, 9.17) is 24.4 Å². The Balaban J connectivity index is 0.000000564. The Morgan fingerprint density at radius 3 is 1.40 bits per heavy atom. The first-order valence-corrected chi connectivity index (χ1v) is 10.2. The van der Waals surface area contributed by atoms with Crippen molar-refractivity contribution in [3.8, 4) is 0 Å². The highest BCUT2D eigenvalue weighted by Crippen LogP contribution is 2.24. The van der Waals surface area contributed by atoms with E-state index in [0.717, 1.165) is 0 Å². The predicted octanol–water partition coefficient (Wildman–Crippen LogP) is 6.18. The lowest BCUT2D eigenvalue weighted by Gasteiger charge is -2.31. The summed E-state index contributed by atoms with van der Waals surface area (Å²) >= 11 is 0. The van der Waals surface area contributed by atoms with E-state index < -0.39 is 17.4 Å². The smallest absolute Gasteiger partial charge is 0.292 e. The van der Waals surface area contributed by atoms with Crippen LogP contribution >= 0.6 is 0 Å². The van der Waals surface area contributed by atoms with Crippen LogP contribution in [0, 0.1) is 0 Å². The van der Waals surface area contributed by atoms with Gasteiger partial charge in [0, 0.05) is 6.42 Å². The van der Waals surface area contributed by atoms with Crippen molar-refractivity contribution in [1.29, 1.82) is 0 Å². The van der Waals surface area contributed by atoms with Gasteiger partial charge in [0.05, 0.1) is 16.8 Å². The van der Waals surface area contributed by atoms with Crippen LogP contribution in [0.3, 0.4) is 0 Å². The second kappa shape index (κ2) is 11.8. The zero-order valence-electron chi connectivity index (χ0n) is 20.5. The van der Waals surface area contributed by atoms with Crippen LogP contribution < -0.4 is 0 Å². The van der Waals surface area contributed by atoms with Crippen molar-refractivity contribution in [2.75, 3.05) is 0 Å². The SMILES string of the molecule is CC(C)(C)OOC(=O)c1ccccc1.CCC(C)(OOC(C)(C)C)OOC(C)(C)C. The van der Waals surface area contributed by atoms with Crippen molar-refractivity contribution in [3.05, 3.63) is 35.9 Å². The molecule has 0 aliphatic carbocycles. The molecule has 0 aromatic heterocycles. The molecule has 0 aliphatic rings. The van der Waals surface area contributed by atoms with Crippen molar-refractivity contribution < 1.29 is 34.1 Å². The minimum absolute atomic E-state index is 0.373. The van der Waals surface area contributed by atoms with Crippen LogP contribution in [0.5, 0.6) is 0 Å². The Hall–Kier alpha value is -1.51. The van der Waals surface area contributed by atoms with Gasteiger partial charge in [-0.2, -0.15) is 14.7 Å². The van der Waals surface area contributed by atoms with Crippen molar-refractivity contribution in [2.24, 2.45) is 0 Å². The molecule has 0 saturated carbocycles. The normalized spacial score (nSPS) is 12.8. The van der Waals surface area contributed by atoms with Gasteiger partial charge >= 0.3 is 5.97 Å². The minimum Gasteiger partial charge on any atom is -0.292 e. The van der Waals surface area contributed by atoms with Crippen LogP contribution in [0.2, 0.25) is 0 Å². The summed E-state index contributed by atoms with van der Waals surface area (Å²) in [6.07, 6.45) is 0.624. The van der Waals surface area contributed by atoms with Crippen LogP contribution in [0.1, 0.15) is 92.9 Å². The van der Waals surface area contributed by atoms with E-state index in [9.17, 15) is 4.79 Å². The average molecular weight is 429 g/mol. The quantitative estimate of drug-likeness (QED) is 0.292. The van der Waals surface area contributed by atoms with Crippen LogP contribution in [0.15, 0.2) is 30.3 Å². The molecule has 0 N–H and O–H groups in total. The lowest BCUT2D eigenvalue weighted by Crippen LogP contribution is -2.38. The summed E-state index contributed by atoms with van der Waals surface area (Å²) < 4.78 is 0. The lowest BCUT2D eigenvalue weighted by atomic mass is 10.2. The highest BCUT2D eigenvalue weighted by Gasteiger charge is 2.31. The maximum absolute atomic E-state index is 11.3. The van der Waals surface area contributed by atoms with E-state index in [2.05, 4.69) is 4.89 Å². The van der Waals surface area contributed by atoms with Crippen molar-refractivity contribution >= 4 is 5.97 Å². The van der Waals surface area contributed by atoms with Crippen molar-refractivity contribution in [1.82, 2.24) is 0 Å². The lowest BCUT2D eigenvalue weighted by molar-refractivity contribution is -0.536. The van der Waals surface area contributed by atoms with Gasteiger partial charge in [-0.05, 0) is 81.4 Å². The summed E-state index contributed by atoms with van der Waals surface area (Å²) in [6, 6.07) is 8.73. The summed E-state index contributed by atoms with van der Waals surface area (Å²) in [5.41, 5.74) is -0.746. The van der Waals surface area contributed by atoms with Gasteiger partial charge in [-0.15, -0.1) is 0 Å². The molecule has 1 aromatic rings. The summed E-state index contributed by atoms with van der Waals surface area (Å²) in [6.45, 7) is 20.6. The highest BCUT2D eigenvalue weighted by molar-refractivity contribution is 5.88. The van der Waals surface area contributed by atoms with E-state index in [-0.39, 0.29) is 11.2 Å². The van der Waals surface area contributed by atoms with Gasteiger partial charge in [0.15, 0.2) is 0 Å². The van der Waals surface area contributed by atoms with Crippen LogP contribution in [-0.4, -0.2) is 28.6 Å². The number of hydrogen-bond acceptors (Lipinski definition) is 7. The molecule has 7 heteroatoms. The number of benzene rings is 1. The maximum Gasteiger partial charge on any atom is 0.373 e. The predicted molar refractivity (Wildman–Crippen MR) is 115 cm³/mol. The zero-order chi connectivity index (χ0) is 23.6. The Bertz CT molecular complexity index is 589. The molecular formula is C23H40O7. The fourth-order valence-electron chi connectivity index (χ4n) is 1.34. The number of carbonyl (C=O) groups excluding carboxylic acids is 1. The Labute approximate surface area is 181 Å². The second-order valence-electron chi connectivity index (χ2n) is 9.98. The first-order valence-electron chi connectivity index (χ1n) is 10.2. The molecule has 0 heterocycles. The maximum atomic E-state index is 11.3. The van der Waals surface area contributed by atoms with Crippen LogP contribution in [-0.2, 0) is 29.3 Å². The van der Waals surface area contributed by atoms with Crippen LogP contribution in [0.4, 0.5) is 0 Å². The Kier molecular flexibility index (Phi) is 11.2. The van der Waals surface area contributed by atoms with Gasteiger partial charge in [-0.3, -0.25) is 4.89 Å². The molecule has 0 aliphatic heterocycles. The summed E-state index contributed by atoms with van der Waals surface area (Å²) in [4.78, 5) is 42.0. The topological polar surface area (TPSA) is 72.5 Å². The molecule has 0 bridgehead atoms. The summed E-state index contributed by atoms with van der Waals surface area (Å²) in [5, 5.41) is 0. The molecule has 0 amide bonds. The average Bonchev–Trinajstić information content (AvgIpc) is 2.62. The molecule has 0 saturated heterocycles. The second-order valence-corrected chi connectivity index (χ2v) is 9.98.